The first kappa shape index (κ1) is 48.3. The number of benzene rings is 10. The van der Waals surface area contributed by atoms with Crippen LogP contribution >= 0.6 is 0 Å². The van der Waals surface area contributed by atoms with Gasteiger partial charge in [-0.25, -0.2) is 19.9 Å². The maximum atomic E-state index is 5.45. The van der Waals surface area contributed by atoms with Gasteiger partial charge in [-0.15, -0.1) is 0 Å². The minimum absolute atomic E-state index is 0.243. The molecule has 4 heterocycles. The summed E-state index contributed by atoms with van der Waals surface area (Å²) < 4.78 is 0. The Morgan fingerprint density at radius 3 is 0.838 bits per heavy atom. The summed E-state index contributed by atoms with van der Waals surface area (Å²) in [5, 5.41) is 0. The SMILES string of the molecule is CC1(C)c2ccccc2N(c2cc(-c3cc(-c4cc(-c5ccccc5)nc(-c5ccccc5)n4)cc(-c4cc(-c5ccccc5)nc(-c5ccccc5)n4)c3)cc(N3c4ccccc4C(C)(C)c4ccccc43)c2)c2ccccc21. The fourth-order valence-electron chi connectivity index (χ4n) is 12.1. The number of para-hydroxylation sites is 4. The standard InChI is InChI=1S/C74H56N6/c1-73(2)59-33-17-21-37-67(59)79(68-38-22-18-34-60(68)73)57-44-54(45-58(46-57)80-69-39-23-19-35-61(69)74(3,4)62-36-20-24-40-70(62)80)53-41-55(65-47-63(49-25-9-5-10-26-49)75-71(77-65)51-29-13-7-14-30-51)43-56(42-53)66-48-64(50-27-11-6-12-28-50)76-72(78-66)52-31-15-8-16-32-52/h5-48H,1-4H3. The lowest BCUT2D eigenvalue weighted by Gasteiger charge is -2.43. The van der Waals surface area contributed by atoms with Crippen LogP contribution in [0.1, 0.15) is 49.9 Å². The summed E-state index contributed by atoms with van der Waals surface area (Å²) in [6.45, 7) is 9.39. The first-order valence-corrected chi connectivity index (χ1v) is 27.5. The zero-order valence-electron chi connectivity index (χ0n) is 45.1. The Bertz CT molecular complexity index is 3820. The molecule has 0 fully saturated rings. The molecular weight excluding hydrogens is 973 g/mol. The number of nitrogens with zero attached hydrogens (tertiary/aromatic N) is 6. The number of fused-ring (bicyclic) bond motifs is 4. The molecule has 0 bridgehead atoms. The molecule has 10 aromatic carbocycles. The summed E-state index contributed by atoms with van der Waals surface area (Å²) in [4.78, 5) is 26.3. The van der Waals surface area contributed by atoms with Gasteiger partial charge in [0.15, 0.2) is 11.6 Å². The largest absolute Gasteiger partial charge is 0.310 e. The smallest absolute Gasteiger partial charge is 0.160 e. The van der Waals surface area contributed by atoms with Crippen molar-refractivity contribution in [2.24, 2.45) is 0 Å². The van der Waals surface area contributed by atoms with Crippen LogP contribution in [0.2, 0.25) is 0 Å². The molecule has 2 aliphatic heterocycles. The van der Waals surface area contributed by atoms with Crippen molar-refractivity contribution in [2.75, 3.05) is 9.80 Å². The van der Waals surface area contributed by atoms with Gasteiger partial charge in [-0.2, -0.15) is 0 Å². The van der Waals surface area contributed by atoms with Crippen molar-refractivity contribution in [1.82, 2.24) is 19.9 Å². The number of aromatic nitrogens is 4. The molecule has 0 N–H and O–H groups in total. The topological polar surface area (TPSA) is 58.0 Å². The van der Waals surface area contributed by atoms with E-state index in [1.54, 1.807) is 0 Å². The highest BCUT2D eigenvalue weighted by Gasteiger charge is 2.39. The van der Waals surface area contributed by atoms with Gasteiger partial charge < -0.3 is 9.80 Å². The third-order valence-electron chi connectivity index (χ3n) is 16.2. The number of rotatable bonds is 9. The van der Waals surface area contributed by atoms with Gasteiger partial charge in [0.05, 0.1) is 45.5 Å². The lowest BCUT2D eigenvalue weighted by molar-refractivity contribution is 0.631. The molecule has 0 spiro atoms. The lowest BCUT2D eigenvalue weighted by Crippen LogP contribution is -2.31. The third kappa shape index (κ3) is 8.44. The van der Waals surface area contributed by atoms with Crippen LogP contribution in [-0.4, -0.2) is 19.9 Å². The molecule has 12 aromatic rings. The van der Waals surface area contributed by atoms with Gasteiger partial charge in [0, 0.05) is 55.6 Å². The van der Waals surface area contributed by atoms with E-state index in [-0.39, 0.29) is 10.8 Å². The van der Waals surface area contributed by atoms with Gasteiger partial charge in [0.1, 0.15) is 0 Å². The second-order valence-electron chi connectivity index (χ2n) is 21.9. The average Bonchev–Trinajstić information content (AvgIpc) is 3.69. The zero-order chi connectivity index (χ0) is 54.0. The van der Waals surface area contributed by atoms with Gasteiger partial charge in [0.25, 0.3) is 0 Å². The highest BCUT2D eigenvalue weighted by atomic mass is 15.2. The Labute approximate surface area is 468 Å². The molecule has 6 heteroatoms. The Morgan fingerprint density at radius 2 is 0.500 bits per heavy atom. The molecule has 0 unspecified atom stereocenters. The van der Waals surface area contributed by atoms with Crippen molar-refractivity contribution < 1.29 is 0 Å². The van der Waals surface area contributed by atoms with E-state index in [4.69, 9.17) is 19.9 Å². The van der Waals surface area contributed by atoms with Gasteiger partial charge in [-0.05, 0) is 106 Å². The van der Waals surface area contributed by atoms with E-state index >= 15 is 0 Å². The molecule has 2 aromatic heterocycles. The highest BCUT2D eigenvalue weighted by molar-refractivity contribution is 5.94. The van der Waals surface area contributed by atoms with Crippen molar-refractivity contribution in [3.63, 3.8) is 0 Å². The molecule has 0 saturated carbocycles. The second-order valence-corrected chi connectivity index (χ2v) is 21.9. The van der Waals surface area contributed by atoms with Crippen molar-refractivity contribution in [3.05, 3.63) is 289 Å². The molecule has 80 heavy (non-hydrogen) atoms. The van der Waals surface area contributed by atoms with Crippen LogP contribution in [0.4, 0.5) is 34.1 Å². The molecule has 0 amide bonds. The summed E-state index contributed by atoms with van der Waals surface area (Å²) in [5.74, 6) is 1.29. The number of hydrogen-bond donors (Lipinski definition) is 0. The van der Waals surface area contributed by atoms with Gasteiger partial charge in [-0.3, -0.25) is 0 Å². The molecule has 0 aliphatic carbocycles. The summed E-state index contributed by atoms with van der Waals surface area (Å²) in [6, 6.07) is 95.2. The Kier molecular flexibility index (Phi) is 11.8. The molecular formula is C74H56N6. The van der Waals surface area contributed by atoms with Gasteiger partial charge >= 0.3 is 0 Å². The van der Waals surface area contributed by atoms with Crippen molar-refractivity contribution in [1.29, 1.82) is 0 Å². The molecule has 14 rings (SSSR count). The number of anilines is 6. The van der Waals surface area contributed by atoms with Crippen LogP contribution < -0.4 is 9.80 Å². The van der Waals surface area contributed by atoms with E-state index in [1.165, 1.54) is 22.3 Å². The molecule has 6 nitrogen and oxygen atoms in total. The lowest BCUT2D eigenvalue weighted by atomic mass is 9.73. The molecule has 2 aliphatic rings. The van der Waals surface area contributed by atoms with Crippen LogP contribution in [0.15, 0.2) is 267 Å². The molecule has 0 saturated heterocycles. The minimum Gasteiger partial charge on any atom is -0.310 e. The number of hydrogen-bond acceptors (Lipinski definition) is 6. The average molecular weight is 1030 g/mol. The van der Waals surface area contributed by atoms with Crippen LogP contribution in [0, 0.1) is 0 Å². The maximum absolute atomic E-state index is 5.45. The summed E-state index contributed by atoms with van der Waals surface area (Å²) in [5.41, 5.74) is 22.3. The Hall–Kier alpha value is -10.0. The molecule has 382 valence electrons. The van der Waals surface area contributed by atoms with Crippen LogP contribution in [0.25, 0.3) is 78.9 Å². The molecule has 0 atom stereocenters. The predicted octanol–water partition coefficient (Wildman–Crippen LogP) is 19.2. The minimum atomic E-state index is -0.243. The van der Waals surface area contributed by atoms with Crippen LogP contribution in [-0.2, 0) is 10.8 Å². The van der Waals surface area contributed by atoms with E-state index in [1.807, 2.05) is 48.5 Å². The Balaban J connectivity index is 1.07. The van der Waals surface area contributed by atoms with Gasteiger partial charge in [-0.1, -0.05) is 222 Å². The highest BCUT2D eigenvalue weighted by Crippen LogP contribution is 2.56. The van der Waals surface area contributed by atoms with E-state index in [9.17, 15) is 0 Å². The fourth-order valence-corrected chi connectivity index (χ4v) is 12.1. The van der Waals surface area contributed by atoms with E-state index in [0.717, 1.165) is 101 Å². The monoisotopic (exact) mass is 1030 g/mol. The second kappa shape index (κ2) is 19.5. The molecule has 0 radical (unpaired) electrons. The first-order valence-electron chi connectivity index (χ1n) is 27.5. The zero-order valence-corrected chi connectivity index (χ0v) is 45.1. The van der Waals surface area contributed by atoms with Crippen molar-refractivity contribution in [3.8, 4) is 78.9 Å². The first-order chi connectivity index (χ1) is 39.2. The third-order valence-corrected chi connectivity index (χ3v) is 16.2. The van der Waals surface area contributed by atoms with E-state index < -0.39 is 0 Å². The van der Waals surface area contributed by atoms with Crippen LogP contribution in [0.3, 0.4) is 0 Å². The van der Waals surface area contributed by atoms with E-state index in [2.05, 4.69) is 256 Å². The summed E-state index contributed by atoms with van der Waals surface area (Å²) >= 11 is 0. The van der Waals surface area contributed by atoms with Crippen LogP contribution in [0.5, 0.6) is 0 Å². The summed E-state index contributed by atoms with van der Waals surface area (Å²) in [7, 11) is 0. The van der Waals surface area contributed by atoms with Crippen molar-refractivity contribution >= 4 is 34.1 Å². The summed E-state index contributed by atoms with van der Waals surface area (Å²) in [6.07, 6.45) is 0. The van der Waals surface area contributed by atoms with Gasteiger partial charge in [0.2, 0.25) is 0 Å². The predicted molar refractivity (Wildman–Crippen MR) is 329 cm³/mol. The normalized spacial score (nSPS) is 13.7. The fraction of sp³-hybridized carbons (Fsp3) is 0.0811. The maximum Gasteiger partial charge on any atom is 0.160 e. The Morgan fingerprint density at radius 1 is 0.237 bits per heavy atom. The quantitative estimate of drug-likeness (QED) is 0.144. The van der Waals surface area contributed by atoms with Crippen molar-refractivity contribution in [2.45, 2.75) is 38.5 Å². The van der Waals surface area contributed by atoms with E-state index in [0.29, 0.717) is 11.6 Å².